The van der Waals surface area contributed by atoms with Crippen molar-refractivity contribution in [2.24, 2.45) is 0 Å². The maximum absolute atomic E-state index is 11.4. The van der Waals surface area contributed by atoms with E-state index in [1.54, 1.807) is 4.90 Å². The van der Waals surface area contributed by atoms with Crippen molar-refractivity contribution in [2.45, 2.75) is 13.0 Å². The van der Waals surface area contributed by atoms with E-state index in [1.807, 2.05) is 37.4 Å². The molecule has 76 valence electrons. The van der Waals surface area contributed by atoms with Crippen LogP contribution in [0.15, 0.2) is 30.3 Å². The summed E-state index contributed by atoms with van der Waals surface area (Å²) in [6, 6.07) is 9.96. The van der Waals surface area contributed by atoms with E-state index in [0.717, 1.165) is 5.56 Å². The van der Waals surface area contributed by atoms with E-state index in [0.29, 0.717) is 18.7 Å². The largest absolute Gasteiger partial charge is 0.341 e. The second-order valence-corrected chi connectivity index (χ2v) is 3.66. The highest BCUT2D eigenvalue weighted by atomic mass is 32.1. The number of benzene rings is 1. The summed E-state index contributed by atoms with van der Waals surface area (Å²) < 4.78 is 0. The maximum atomic E-state index is 11.4. The lowest BCUT2D eigenvalue weighted by molar-refractivity contribution is -0.129. The number of nitrogens with zero attached hydrogens (tertiary/aromatic N) is 1. The minimum Gasteiger partial charge on any atom is -0.341 e. The smallest absolute Gasteiger partial charge is 0.223 e. The summed E-state index contributed by atoms with van der Waals surface area (Å²) in [5, 5.41) is 0. The van der Waals surface area contributed by atoms with E-state index in [-0.39, 0.29) is 5.91 Å². The van der Waals surface area contributed by atoms with Crippen LogP contribution in [0.5, 0.6) is 0 Å². The predicted octanol–water partition coefficient (Wildman–Crippen LogP) is 1.96. The van der Waals surface area contributed by atoms with Crippen LogP contribution in [0.3, 0.4) is 0 Å². The highest BCUT2D eigenvalue weighted by Gasteiger charge is 2.06. The maximum Gasteiger partial charge on any atom is 0.223 e. The third-order valence-electron chi connectivity index (χ3n) is 2.01. The molecule has 0 aliphatic carbocycles. The predicted molar refractivity (Wildman–Crippen MR) is 61.4 cm³/mol. The average molecular weight is 209 g/mol. The Bertz CT molecular complexity index is 287. The van der Waals surface area contributed by atoms with Crippen molar-refractivity contribution in [1.29, 1.82) is 0 Å². The average Bonchev–Trinajstić information content (AvgIpc) is 2.19. The number of rotatable bonds is 4. The first-order valence-electron chi connectivity index (χ1n) is 4.63. The summed E-state index contributed by atoms with van der Waals surface area (Å²) in [7, 11) is 1.82. The van der Waals surface area contributed by atoms with Crippen molar-refractivity contribution in [2.75, 3.05) is 12.8 Å². The first-order chi connectivity index (χ1) is 6.74. The van der Waals surface area contributed by atoms with Gasteiger partial charge in [0.25, 0.3) is 0 Å². The van der Waals surface area contributed by atoms with Gasteiger partial charge in [0.1, 0.15) is 0 Å². The molecule has 1 amide bonds. The van der Waals surface area contributed by atoms with Crippen molar-refractivity contribution in [3.05, 3.63) is 35.9 Å². The topological polar surface area (TPSA) is 20.3 Å². The van der Waals surface area contributed by atoms with Crippen LogP contribution >= 0.6 is 12.6 Å². The molecule has 0 bridgehead atoms. The molecule has 1 aromatic rings. The van der Waals surface area contributed by atoms with Crippen molar-refractivity contribution in [3.8, 4) is 0 Å². The molecule has 0 unspecified atom stereocenters. The summed E-state index contributed by atoms with van der Waals surface area (Å²) >= 11 is 4.03. The number of amides is 1. The quantitative estimate of drug-likeness (QED) is 0.752. The lowest BCUT2D eigenvalue weighted by Crippen LogP contribution is -2.26. The molecule has 1 aromatic carbocycles. The first kappa shape index (κ1) is 11.1. The summed E-state index contributed by atoms with van der Waals surface area (Å²) in [4.78, 5) is 13.2. The van der Waals surface area contributed by atoms with Gasteiger partial charge in [-0.05, 0) is 11.3 Å². The molecule has 0 fully saturated rings. The van der Waals surface area contributed by atoms with Crippen LogP contribution in [-0.4, -0.2) is 23.6 Å². The zero-order valence-electron chi connectivity index (χ0n) is 8.31. The first-order valence-corrected chi connectivity index (χ1v) is 5.26. The third-order valence-corrected chi connectivity index (χ3v) is 2.24. The Morgan fingerprint density at radius 3 is 2.57 bits per heavy atom. The fraction of sp³-hybridized carbons (Fsp3) is 0.364. The van der Waals surface area contributed by atoms with Crippen LogP contribution in [0, 0.1) is 0 Å². The lowest BCUT2D eigenvalue weighted by atomic mass is 10.2. The van der Waals surface area contributed by atoms with Crippen LogP contribution in [0.4, 0.5) is 0 Å². The zero-order chi connectivity index (χ0) is 10.4. The number of carbonyl (C=O) groups is 1. The Kier molecular flexibility index (Phi) is 4.53. The fourth-order valence-electron chi connectivity index (χ4n) is 1.23. The van der Waals surface area contributed by atoms with Crippen molar-refractivity contribution in [3.63, 3.8) is 0 Å². The molecule has 0 atom stereocenters. The number of carbonyl (C=O) groups excluding carboxylic acids is 1. The Morgan fingerprint density at radius 1 is 1.36 bits per heavy atom. The van der Waals surface area contributed by atoms with Gasteiger partial charge in [-0.3, -0.25) is 4.79 Å². The molecule has 0 aliphatic rings. The highest BCUT2D eigenvalue weighted by Crippen LogP contribution is 2.03. The molecule has 0 N–H and O–H groups in total. The molecule has 0 saturated carbocycles. The highest BCUT2D eigenvalue weighted by molar-refractivity contribution is 7.80. The van der Waals surface area contributed by atoms with Crippen LogP contribution in [0.1, 0.15) is 12.0 Å². The second-order valence-electron chi connectivity index (χ2n) is 3.21. The SMILES string of the molecule is CN(Cc1ccccc1)C(=O)CCS. The van der Waals surface area contributed by atoms with Gasteiger partial charge in [-0.1, -0.05) is 30.3 Å². The Labute approximate surface area is 90.3 Å². The summed E-state index contributed by atoms with van der Waals surface area (Å²) in [5.74, 6) is 0.752. The third kappa shape index (κ3) is 3.42. The molecular formula is C11H15NOS. The molecular weight excluding hydrogens is 194 g/mol. The standard InChI is InChI=1S/C11H15NOS/c1-12(11(13)7-8-14)9-10-5-3-2-4-6-10/h2-6,14H,7-9H2,1H3. The summed E-state index contributed by atoms with van der Waals surface area (Å²) in [6.07, 6.45) is 0.506. The van der Waals surface area contributed by atoms with Gasteiger partial charge >= 0.3 is 0 Å². The molecule has 2 nitrogen and oxygen atoms in total. The van der Waals surface area contributed by atoms with E-state index in [1.165, 1.54) is 0 Å². The minimum absolute atomic E-state index is 0.142. The van der Waals surface area contributed by atoms with Crippen molar-refractivity contribution < 1.29 is 4.79 Å². The second kappa shape index (κ2) is 5.70. The van der Waals surface area contributed by atoms with E-state index in [9.17, 15) is 4.79 Å². The number of hydrogen-bond donors (Lipinski definition) is 1. The molecule has 14 heavy (non-hydrogen) atoms. The Balaban J connectivity index is 2.49. The molecule has 1 rings (SSSR count). The van der Waals surface area contributed by atoms with Gasteiger partial charge in [0.05, 0.1) is 0 Å². The number of thiol groups is 1. The van der Waals surface area contributed by atoms with Crippen molar-refractivity contribution in [1.82, 2.24) is 4.90 Å². The molecule has 0 aliphatic heterocycles. The molecule has 3 heteroatoms. The monoisotopic (exact) mass is 209 g/mol. The van der Waals surface area contributed by atoms with Gasteiger partial charge in [0.15, 0.2) is 0 Å². The van der Waals surface area contributed by atoms with Crippen molar-refractivity contribution >= 4 is 18.5 Å². The fourth-order valence-corrected chi connectivity index (χ4v) is 1.42. The van der Waals surface area contributed by atoms with Gasteiger partial charge in [-0.15, -0.1) is 0 Å². The molecule has 0 aromatic heterocycles. The minimum atomic E-state index is 0.142. The molecule has 0 spiro atoms. The van der Waals surface area contributed by atoms with E-state index < -0.39 is 0 Å². The van der Waals surface area contributed by atoms with Gasteiger partial charge in [-0.2, -0.15) is 12.6 Å². The molecule has 0 radical (unpaired) electrons. The normalized spacial score (nSPS) is 9.86. The Hall–Kier alpha value is -0.960. The van der Waals surface area contributed by atoms with E-state index >= 15 is 0 Å². The van der Waals surface area contributed by atoms with Gasteiger partial charge in [0, 0.05) is 20.0 Å². The summed E-state index contributed by atoms with van der Waals surface area (Å²) in [6.45, 7) is 0.674. The van der Waals surface area contributed by atoms with Gasteiger partial charge in [0.2, 0.25) is 5.91 Å². The van der Waals surface area contributed by atoms with Gasteiger partial charge in [-0.25, -0.2) is 0 Å². The van der Waals surface area contributed by atoms with Crippen LogP contribution in [-0.2, 0) is 11.3 Å². The van der Waals surface area contributed by atoms with Crippen LogP contribution in [0.25, 0.3) is 0 Å². The lowest BCUT2D eigenvalue weighted by Gasteiger charge is -2.16. The molecule has 0 heterocycles. The zero-order valence-corrected chi connectivity index (χ0v) is 9.21. The van der Waals surface area contributed by atoms with E-state index in [4.69, 9.17) is 0 Å². The number of hydrogen-bond acceptors (Lipinski definition) is 2. The molecule has 0 saturated heterocycles. The Morgan fingerprint density at radius 2 is 2.00 bits per heavy atom. The van der Waals surface area contributed by atoms with Gasteiger partial charge < -0.3 is 4.90 Å². The summed E-state index contributed by atoms with van der Waals surface area (Å²) in [5.41, 5.74) is 1.16. The van der Waals surface area contributed by atoms with E-state index in [2.05, 4.69) is 12.6 Å². The van der Waals surface area contributed by atoms with Crippen LogP contribution < -0.4 is 0 Å². The van der Waals surface area contributed by atoms with Crippen LogP contribution in [0.2, 0.25) is 0 Å².